The van der Waals surface area contributed by atoms with Gasteiger partial charge in [-0.05, 0) is 31.0 Å². The quantitative estimate of drug-likeness (QED) is 0.656. The van der Waals surface area contributed by atoms with E-state index in [-0.39, 0.29) is 0 Å². The van der Waals surface area contributed by atoms with Crippen molar-refractivity contribution in [1.82, 2.24) is 4.98 Å². The Morgan fingerprint density at radius 3 is 3.00 bits per heavy atom. The van der Waals surface area contributed by atoms with E-state index < -0.39 is 0 Å². The van der Waals surface area contributed by atoms with Gasteiger partial charge in [-0.1, -0.05) is 18.6 Å². The van der Waals surface area contributed by atoms with E-state index in [4.69, 9.17) is 0 Å². The van der Waals surface area contributed by atoms with Crippen LogP contribution in [0.5, 0.6) is 0 Å². The molecule has 0 spiro atoms. The van der Waals surface area contributed by atoms with Crippen LogP contribution in [-0.4, -0.2) is 4.98 Å². The van der Waals surface area contributed by atoms with Crippen molar-refractivity contribution in [3.63, 3.8) is 0 Å². The van der Waals surface area contributed by atoms with E-state index in [2.05, 4.69) is 43.2 Å². The first-order valence-electron chi connectivity index (χ1n) is 4.30. The van der Waals surface area contributed by atoms with Gasteiger partial charge in [0.05, 0.1) is 6.20 Å². The SMILES string of the molecule is CCc1[c][nH]c2ccc(C)cc12. The van der Waals surface area contributed by atoms with Gasteiger partial charge in [0.25, 0.3) is 0 Å². The summed E-state index contributed by atoms with van der Waals surface area (Å²) in [5, 5.41) is 1.32. The van der Waals surface area contributed by atoms with Crippen LogP contribution in [0.1, 0.15) is 18.1 Å². The lowest BCUT2D eigenvalue weighted by molar-refractivity contribution is 1.15. The molecule has 0 fully saturated rings. The molecule has 12 heavy (non-hydrogen) atoms. The Morgan fingerprint density at radius 2 is 2.25 bits per heavy atom. The monoisotopic (exact) mass is 158 g/mol. The van der Waals surface area contributed by atoms with Crippen LogP contribution in [0.3, 0.4) is 0 Å². The van der Waals surface area contributed by atoms with Crippen molar-refractivity contribution in [2.45, 2.75) is 20.3 Å². The Hall–Kier alpha value is -1.24. The number of aromatic nitrogens is 1. The van der Waals surface area contributed by atoms with Gasteiger partial charge in [0, 0.05) is 10.9 Å². The lowest BCUT2D eigenvalue weighted by atomic mass is 10.1. The molecule has 0 saturated carbocycles. The molecule has 1 heteroatoms. The molecule has 0 atom stereocenters. The third-order valence-electron chi connectivity index (χ3n) is 2.20. The summed E-state index contributed by atoms with van der Waals surface area (Å²) in [6.07, 6.45) is 4.21. The maximum Gasteiger partial charge on any atom is 0.0666 e. The zero-order valence-electron chi connectivity index (χ0n) is 7.44. The number of fused-ring (bicyclic) bond motifs is 1. The minimum Gasteiger partial charge on any atom is -0.353 e. The highest BCUT2D eigenvalue weighted by atomic mass is 14.7. The van der Waals surface area contributed by atoms with Crippen molar-refractivity contribution in [3.05, 3.63) is 35.5 Å². The third-order valence-corrected chi connectivity index (χ3v) is 2.20. The maximum absolute atomic E-state index is 3.17. The molecule has 61 valence electrons. The highest BCUT2D eigenvalue weighted by Gasteiger charge is 2.00. The predicted octanol–water partition coefficient (Wildman–Crippen LogP) is 2.84. The number of aromatic amines is 1. The largest absolute Gasteiger partial charge is 0.353 e. The molecule has 0 aliphatic carbocycles. The lowest BCUT2D eigenvalue weighted by Crippen LogP contribution is -1.76. The molecule has 1 heterocycles. The summed E-state index contributed by atoms with van der Waals surface area (Å²) in [5.41, 5.74) is 3.79. The summed E-state index contributed by atoms with van der Waals surface area (Å²) < 4.78 is 0. The fourth-order valence-corrected chi connectivity index (χ4v) is 1.51. The molecular weight excluding hydrogens is 146 g/mol. The summed E-state index contributed by atoms with van der Waals surface area (Å²) in [6.45, 7) is 4.27. The van der Waals surface area contributed by atoms with Crippen molar-refractivity contribution in [3.8, 4) is 0 Å². The molecule has 0 aliphatic heterocycles. The molecule has 0 saturated heterocycles. The molecule has 1 radical (unpaired) electrons. The zero-order chi connectivity index (χ0) is 8.55. The van der Waals surface area contributed by atoms with Gasteiger partial charge < -0.3 is 4.98 Å². The fourth-order valence-electron chi connectivity index (χ4n) is 1.51. The molecule has 2 rings (SSSR count). The van der Waals surface area contributed by atoms with Crippen LogP contribution in [0.25, 0.3) is 10.9 Å². The molecule has 0 bridgehead atoms. The van der Waals surface area contributed by atoms with E-state index in [1.807, 2.05) is 0 Å². The minimum atomic E-state index is 1.05. The Bertz CT molecular complexity index is 398. The van der Waals surface area contributed by atoms with Gasteiger partial charge in [0.2, 0.25) is 0 Å². The molecule has 1 nitrogen and oxygen atoms in total. The molecule has 1 aromatic heterocycles. The highest BCUT2D eigenvalue weighted by Crippen LogP contribution is 2.19. The second-order valence-electron chi connectivity index (χ2n) is 3.13. The van der Waals surface area contributed by atoms with E-state index >= 15 is 0 Å². The van der Waals surface area contributed by atoms with E-state index in [0.29, 0.717) is 0 Å². The van der Waals surface area contributed by atoms with Crippen LogP contribution in [-0.2, 0) is 6.42 Å². The second kappa shape index (κ2) is 2.67. The Labute approximate surface area is 72.4 Å². The number of benzene rings is 1. The Kier molecular flexibility index (Phi) is 1.65. The first kappa shape index (κ1) is 7.41. The van der Waals surface area contributed by atoms with Crippen molar-refractivity contribution in [1.29, 1.82) is 0 Å². The Morgan fingerprint density at radius 1 is 1.42 bits per heavy atom. The molecular formula is C11H12N. The fraction of sp³-hybridized carbons (Fsp3) is 0.273. The second-order valence-corrected chi connectivity index (χ2v) is 3.13. The van der Waals surface area contributed by atoms with Gasteiger partial charge in [-0.15, -0.1) is 0 Å². The Balaban J connectivity index is 2.75. The molecule has 1 N–H and O–H groups in total. The summed E-state index contributed by atoms with van der Waals surface area (Å²) in [5.74, 6) is 0. The van der Waals surface area contributed by atoms with Gasteiger partial charge in [-0.3, -0.25) is 0 Å². The predicted molar refractivity (Wildman–Crippen MR) is 51.2 cm³/mol. The van der Waals surface area contributed by atoms with Crippen molar-refractivity contribution >= 4 is 10.9 Å². The van der Waals surface area contributed by atoms with E-state index in [9.17, 15) is 0 Å². The topological polar surface area (TPSA) is 15.8 Å². The van der Waals surface area contributed by atoms with Crippen LogP contribution >= 0.6 is 0 Å². The van der Waals surface area contributed by atoms with Crippen LogP contribution in [0.4, 0.5) is 0 Å². The van der Waals surface area contributed by atoms with Crippen molar-refractivity contribution in [2.24, 2.45) is 0 Å². The highest BCUT2D eigenvalue weighted by molar-refractivity contribution is 5.83. The summed E-state index contributed by atoms with van der Waals surface area (Å²) >= 11 is 0. The standard InChI is InChI=1S/C11H12N/c1-3-9-7-12-11-5-4-8(2)6-10(9)11/h4-6,12H,3H2,1-2H3. The summed E-state index contributed by atoms with van der Waals surface area (Å²) in [7, 11) is 0. The number of hydrogen-bond acceptors (Lipinski definition) is 0. The van der Waals surface area contributed by atoms with E-state index in [0.717, 1.165) is 6.42 Å². The lowest BCUT2D eigenvalue weighted by Gasteiger charge is -1.94. The van der Waals surface area contributed by atoms with Gasteiger partial charge in [0.15, 0.2) is 0 Å². The molecule has 0 amide bonds. The number of aryl methyl sites for hydroxylation is 2. The molecule has 2 aromatic rings. The average molecular weight is 158 g/mol. The summed E-state index contributed by atoms with van der Waals surface area (Å²) in [6, 6.07) is 6.44. The van der Waals surface area contributed by atoms with Gasteiger partial charge in [-0.2, -0.15) is 0 Å². The minimum absolute atomic E-state index is 1.05. The number of rotatable bonds is 1. The molecule has 1 aromatic carbocycles. The number of hydrogen-bond donors (Lipinski definition) is 1. The van der Waals surface area contributed by atoms with Gasteiger partial charge >= 0.3 is 0 Å². The first-order chi connectivity index (χ1) is 5.81. The van der Waals surface area contributed by atoms with Crippen LogP contribution in [0, 0.1) is 13.1 Å². The first-order valence-corrected chi connectivity index (χ1v) is 4.30. The average Bonchev–Trinajstić information content (AvgIpc) is 2.46. The molecule has 0 unspecified atom stereocenters. The van der Waals surface area contributed by atoms with Gasteiger partial charge in [-0.25, -0.2) is 0 Å². The van der Waals surface area contributed by atoms with E-state index in [1.54, 1.807) is 0 Å². The van der Waals surface area contributed by atoms with E-state index in [1.165, 1.54) is 22.0 Å². The number of nitrogens with one attached hydrogen (secondary N) is 1. The normalized spacial score (nSPS) is 10.8. The number of H-pyrrole nitrogens is 1. The van der Waals surface area contributed by atoms with Gasteiger partial charge in [0.1, 0.15) is 0 Å². The van der Waals surface area contributed by atoms with Crippen molar-refractivity contribution in [2.75, 3.05) is 0 Å². The van der Waals surface area contributed by atoms with Crippen molar-refractivity contribution < 1.29 is 0 Å². The zero-order valence-corrected chi connectivity index (χ0v) is 7.44. The van der Waals surface area contributed by atoms with Crippen LogP contribution in [0.2, 0.25) is 0 Å². The van der Waals surface area contributed by atoms with Crippen LogP contribution in [0.15, 0.2) is 18.2 Å². The van der Waals surface area contributed by atoms with Crippen LogP contribution < -0.4 is 0 Å². The summed E-state index contributed by atoms with van der Waals surface area (Å²) in [4.78, 5) is 3.14. The molecule has 0 aliphatic rings. The maximum atomic E-state index is 3.17. The third kappa shape index (κ3) is 1.02. The smallest absolute Gasteiger partial charge is 0.0666 e.